The normalized spacial score (nSPS) is 11.7. The molecule has 0 aliphatic heterocycles. The van der Waals surface area contributed by atoms with Crippen LogP contribution in [-0.4, -0.2) is 17.6 Å². The number of benzene rings is 3. The predicted molar refractivity (Wildman–Crippen MR) is 121 cm³/mol. The largest absolute Gasteiger partial charge is 0.328 e. The maximum atomic E-state index is 13.0. The lowest BCUT2D eigenvalue weighted by atomic mass is 10.2. The number of imidazole rings is 1. The Bertz CT molecular complexity index is 1390. The molecule has 0 saturated carbocycles. The van der Waals surface area contributed by atoms with Gasteiger partial charge >= 0.3 is 5.69 Å². The van der Waals surface area contributed by atoms with Gasteiger partial charge < -0.3 is 0 Å². The maximum Gasteiger partial charge on any atom is 0.328 e. The van der Waals surface area contributed by atoms with Gasteiger partial charge in [-0.2, -0.15) is 0 Å². The first-order chi connectivity index (χ1) is 14.3. The van der Waals surface area contributed by atoms with Crippen molar-refractivity contribution >= 4 is 38.5 Å². The second-order valence-corrected chi connectivity index (χ2v) is 9.87. The summed E-state index contributed by atoms with van der Waals surface area (Å²) in [5.41, 5.74) is 2.63. The van der Waals surface area contributed by atoms with Crippen molar-refractivity contribution in [3.05, 3.63) is 82.8 Å². The van der Waals surface area contributed by atoms with Crippen LogP contribution in [0.2, 0.25) is 0 Å². The first-order valence-electron chi connectivity index (χ1n) is 9.28. The zero-order valence-corrected chi connectivity index (χ0v) is 18.4. The van der Waals surface area contributed by atoms with Crippen molar-refractivity contribution < 1.29 is 8.42 Å². The molecule has 0 amide bonds. The fraction of sp³-hybridized carbons (Fsp3) is 0.136. The maximum absolute atomic E-state index is 13.0. The van der Waals surface area contributed by atoms with E-state index in [0.717, 1.165) is 16.0 Å². The number of sulfonamides is 1. The van der Waals surface area contributed by atoms with Gasteiger partial charge in [0.15, 0.2) is 0 Å². The van der Waals surface area contributed by atoms with Gasteiger partial charge in [-0.15, -0.1) is 0 Å². The van der Waals surface area contributed by atoms with Gasteiger partial charge in [-0.3, -0.25) is 13.9 Å². The van der Waals surface area contributed by atoms with Crippen LogP contribution in [0.5, 0.6) is 0 Å². The van der Waals surface area contributed by atoms with Gasteiger partial charge in [-0.25, -0.2) is 13.2 Å². The van der Waals surface area contributed by atoms with Crippen LogP contribution in [0, 0.1) is 6.92 Å². The Morgan fingerprint density at radius 2 is 1.47 bits per heavy atom. The average molecular weight is 440 g/mol. The summed E-state index contributed by atoms with van der Waals surface area (Å²) in [4.78, 5) is 14.3. The lowest BCUT2D eigenvalue weighted by molar-refractivity contribution is 0.601. The highest BCUT2D eigenvalue weighted by Gasteiger charge is 2.19. The highest BCUT2D eigenvalue weighted by molar-refractivity contribution is 7.99. The molecule has 0 bridgehead atoms. The fourth-order valence-corrected chi connectivity index (χ4v) is 5.30. The van der Waals surface area contributed by atoms with E-state index in [2.05, 4.69) is 4.72 Å². The fourth-order valence-electron chi connectivity index (χ4n) is 3.23. The third kappa shape index (κ3) is 3.76. The third-order valence-corrected chi connectivity index (χ3v) is 7.37. The van der Waals surface area contributed by atoms with E-state index in [-0.39, 0.29) is 10.6 Å². The van der Waals surface area contributed by atoms with Crippen molar-refractivity contribution in [3.63, 3.8) is 0 Å². The lowest BCUT2D eigenvalue weighted by Gasteiger charge is -2.14. The van der Waals surface area contributed by atoms with Crippen LogP contribution in [0.1, 0.15) is 5.56 Å². The van der Waals surface area contributed by atoms with E-state index in [0.29, 0.717) is 16.1 Å². The number of aromatic nitrogens is 2. The zero-order chi connectivity index (χ0) is 21.5. The molecule has 4 aromatic rings. The SMILES string of the molecule is Cc1ccc(S(=O)(=O)Nc2cc3c(cc2Sc2ccccc2)n(C)c(=O)n3C)cc1. The summed E-state index contributed by atoms with van der Waals surface area (Å²) in [6, 6.07) is 19.9. The van der Waals surface area contributed by atoms with Gasteiger partial charge in [0.1, 0.15) is 0 Å². The average Bonchev–Trinajstić information content (AvgIpc) is 2.93. The Labute approximate surface area is 179 Å². The molecule has 0 aliphatic rings. The summed E-state index contributed by atoms with van der Waals surface area (Å²) < 4.78 is 31.8. The molecule has 8 heteroatoms. The molecule has 30 heavy (non-hydrogen) atoms. The molecule has 0 aliphatic carbocycles. The van der Waals surface area contributed by atoms with Crippen molar-refractivity contribution in [3.8, 4) is 0 Å². The van der Waals surface area contributed by atoms with Crippen LogP contribution in [0.15, 0.2) is 86.2 Å². The van der Waals surface area contributed by atoms with Gasteiger partial charge in [0.05, 0.1) is 21.6 Å². The summed E-state index contributed by atoms with van der Waals surface area (Å²) >= 11 is 1.44. The standard InChI is InChI=1S/C22H21N3O3S2/c1-15-9-11-17(12-10-15)30(27,28)23-18-13-19-20(25(3)22(26)24(19)2)14-21(18)29-16-7-5-4-6-8-16/h4-14,23H,1-3H3. The molecule has 0 atom stereocenters. The minimum absolute atomic E-state index is 0.167. The highest BCUT2D eigenvalue weighted by atomic mass is 32.2. The highest BCUT2D eigenvalue weighted by Crippen LogP contribution is 2.37. The quantitative estimate of drug-likeness (QED) is 0.507. The zero-order valence-electron chi connectivity index (χ0n) is 16.8. The molecule has 6 nitrogen and oxygen atoms in total. The minimum Gasteiger partial charge on any atom is -0.295 e. The summed E-state index contributed by atoms with van der Waals surface area (Å²) in [7, 11) is -0.408. The summed E-state index contributed by atoms with van der Waals surface area (Å²) in [6.07, 6.45) is 0. The van der Waals surface area contributed by atoms with Crippen molar-refractivity contribution in [2.24, 2.45) is 14.1 Å². The second kappa shape index (κ2) is 7.70. The van der Waals surface area contributed by atoms with E-state index >= 15 is 0 Å². The summed E-state index contributed by atoms with van der Waals surface area (Å²) in [5, 5.41) is 0. The molecular formula is C22H21N3O3S2. The van der Waals surface area contributed by atoms with Gasteiger partial charge in [0.2, 0.25) is 0 Å². The molecule has 1 N–H and O–H groups in total. The number of hydrogen-bond acceptors (Lipinski definition) is 4. The number of rotatable bonds is 5. The Morgan fingerprint density at radius 1 is 0.867 bits per heavy atom. The van der Waals surface area contributed by atoms with Crippen LogP contribution in [-0.2, 0) is 24.1 Å². The van der Waals surface area contributed by atoms with Crippen LogP contribution in [0.3, 0.4) is 0 Å². The van der Waals surface area contributed by atoms with E-state index in [1.807, 2.05) is 43.3 Å². The number of fused-ring (bicyclic) bond motifs is 1. The topological polar surface area (TPSA) is 73.1 Å². The Balaban J connectivity index is 1.85. The number of hydrogen-bond donors (Lipinski definition) is 1. The van der Waals surface area contributed by atoms with Crippen LogP contribution in [0.4, 0.5) is 5.69 Å². The molecule has 4 rings (SSSR count). The predicted octanol–water partition coefficient (Wildman–Crippen LogP) is 4.14. The molecule has 0 fully saturated rings. The van der Waals surface area contributed by atoms with Gasteiger partial charge in [-0.05, 0) is 43.3 Å². The Hall–Kier alpha value is -2.97. The Morgan fingerprint density at radius 3 is 2.10 bits per heavy atom. The van der Waals surface area contributed by atoms with E-state index in [1.165, 1.54) is 16.3 Å². The molecule has 1 aromatic heterocycles. The Kier molecular flexibility index (Phi) is 5.21. The summed E-state index contributed by atoms with van der Waals surface area (Å²) in [5.74, 6) is 0. The van der Waals surface area contributed by atoms with Crippen molar-refractivity contribution in [1.82, 2.24) is 9.13 Å². The smallest absolute Gasteiger partial charge is 0.295 e. The van der Waals surface area contributed by atoms with Crippen molar-refractivity contribution in [2.75, 3.05) is 4.72 Å². The molecule has 1 heterocycles. The number of anilines is 1. The second-order valence-electron chi connectivity index (χ2n) is 7.07. The molecule has 0 unspecified atom stereocenters. The van der Waals surface area contributed by atoms with Gasteiger partial charge in [-0.1, -0.05) is 47.7 Å². The third-order valence-electron chi connectivity index (χ3n) is 4.92. The molecule has 3 aromatic carbocycles. The van der Waals surface area contributed by atoms with Gasteiger partial charge in [0.25, 0.3) is 10.0 Å². The molecular weight excluding hydrogens is 418 g/mol. The first-order valence-corrected chi connectivity index (χ1v) is 11.6. The molecule has 0 spiro atoms. The van der Waals surface area contributed by atoms with E-state index in [9.17, 15) is 13.2 Å². The number of nitrogens with zero attached hydrogens (tertiary/aromatic N) is 2. The number of aryl methyl sites for hydroxylation is 3. The lowest BCUT2D eigenvalue weighted by Crippen LogP contribution is -2.19. The van der Waals surface area contributed by atoms with Gasteiger partial charge in [0, 0.05) is 23.9 Å². The van der Waals surface area contributed by atoms with Crippen LogP contribution >= 0.6 is 11.8 Å². The van der Waals surface area contributed by atoms with Crippen molar-refractivity contribution in [2.45, 2.75) is 21.6 Å². The van der Waals surface area contributed by atoms with Crippen LogP contribution in [0.25, 0.3) is 11.0 Å². The monoisotopic (exact) mass is 439 g/mol. The van der Waals surface area contributed by atoms with Crippen LogP contribution < -0.4 is 10.4 Å². The van der Waals surface area contributed by atoms with Crippen molar-refractivity contribution in [1.29, 1.82) is 0 Å². The van der Waals surface area contributed by atoms with E-state index < -0.39 is 10.0 Å². The molecule has 0 saturated heterocycles. The number of nitrogens with one attached hydrogen (secondary N) is 1. The minimum atomic E-state index is -3.79. The molecule has 154 valence electrons. The molecule has 0 radical (unpaired) electrons. The van der Waals surface area contributed by atoms with E-state index in [4.69, 9.17) is 0 Å². The summed E-state index contributed by atoms with van der Waals surface area (Å²) in [6.45, 7) is 1.91. The first kappa shape index (κ1) is 20.3. The van der Waals surface area contributed by atoms with E-state index in [1.54, 1.807) is 49.0 Å².